The first-order valence-corrected chi connectivity index (χ1v) is 7.24. The number of hydrogen-bond acceptors (Lipinski definition) is 7. The van der Waals surface area contributed by atoms with E-state index >= 15 is 0 Å². The van der Waals surface area contributed by atoms with Crippen molar-refractivity contribution in [3.63, 3.8) is 0 Å². The summed E-state index contributed by atoms with van der Waals surface area (Å²) in [5.74, 6) is 0.479. The van der Waals surface area contributed by atoms with Crippen LogP contribution in [0, 0.1) is 5.92 Å². The summed E-state index contributed by atoms with van der Waals surface area (Å²) in [6.07, 6.45) is 1.69. The zero-order valence-corrected chi connectivity index (χ0v) is 12.4. The molecule has 0 amide bonds. The van der Waals surface area contributed by atoms with Crippen LogP contribution < -0.4 is 11.1 Å². The molecular weight excluding hydrogens is 296 g/mol. The van der Waals surface area contributed by atoms with E-state index < -0.39 is 0 Å². The number of aliphatic hydroxyl groups is 2. The Morgan fingerprint density at radius 2 is 2.00 bits per heavy atom. The molecule has 2 aromatic heterocycles. The molecule has 120 valence electrons. The summed E-state index contributed by atoms with van der Waals surface area (Å²) in [7, 11) is 0. The summed E-state index contributed by atoms with van der Waals surface area (Å²) in [4.78, 5) is 8.47. The fraction of sp³-hybridized carbons (Fsp3) is 0.267. The molecule has 0 unspecified atom stereocenters. The Bertz CT molecular complexity index is 786. The highest BCUT2D eigenvalue weighted by molar-refractivity contribution is 5.92. The molecule has 0 saturated carbocycles. The molecule has 0 radical (unpaired) electrons. The fourth-order valence-corrected chi connectivity index (χ4v) is 2.29. The Hall–Kier alpha value is -2.71. The number of aromatic amines is 1. The van der Waals surface area contributed by atoms with Gasteiger partial charge in [0, 0.05) is 42.8 Å². The minimum atomic E-state index is -0.259. The molecule has 0 aliphatic carbocycles. The van der Waals surface area contributed by atoms with Crippen LogP contribution in [0.2, 0.25) is 0 Å². The van der Waals surface area contributed by atoms with Crippen molar-refractivity contribution in [3.05, 3.63) is 30.5 Å². The first kappa shape index (κ1) is 15.2. The Morgan fingerprint density at radius 3 is 2.70 bits per heavy atom. The third-order valence-electron chi connectivity index (χ3n) is 3.60. The minimum absolute atomic E-state index is 0.105. The van der Waals surface area contributed by atoms with Crippen LogP contribution >= 0.6 is 0 Å². The van der Waals surface area contributed by atoms with Crippen molar-refractivity contribution in [1.29, 1.82) is 0 Å². The fourth-order valence-electron chi connectivity index (χ4n) is 2.29. The molecule has 0 aliphatic rings. The van der Waals surface area contributed by atoms with Gasteiger partial charge >= 0.3 is 0 Å². The topological polar surface area (TPSA) is 133 Å². The van der Waals surface area contributed by atoms with Crippen LogP contribution in [0.25, 0.3) is 22.2 Å². The van der Waals surface area contributed by atoms with Gasteiger partial charge in [-0.15, -0.1) is 0 Å². The van der Waals surface area contributed by atoms with Crippen molar-refractivity contribution in [2.24, 2.45) is 5.92 Å². The number of nitrogen functional groups attached to an aromatic ring is 1. The molecule has 0 aliphatic heterocycles. The Labute approximate surface area is 132 Å². The van der Waals surface area contributed by atoms with Gasteiger partial charge in [-0.05, 0) is 18.2 Å². The first-order chi connectivity index (χ1) is 11.2. The number of aliphatic hydroxyl groups excluding tert-OH is 2. The standard InChI is InChI=1S/C15H18N6O2/c16-15-19-13-5-10(12-3-4-18-21-12)1-2-11(13)14(20-15)17-6-9(7-22)8-23/h1-5,9,22-23H,6-8H2,(H,18,21)(H3,16,17,19,20). The van der Waals surface area contributed by atoms with E-state index in [0.717, 1.165) is 16.6 Å². The minimum Gasteiger partial charge on any atom is -0.396 e. The third-order valence-corrected chi connectivity index (χ3v) is 3.60. The highest BCUT2D eigenvalue weighted by Crippen LogP contribution is 2.26. The lowest BCUT2D eigenvalue weighted by molar-refractivity contribution is 0.158. The average Bonchev–Trinajstić information content (AvgIpc) is 3.09. The first-order valence-electron chi connectivity index (χ1n) is 7.24. The number of H-pyrrole nitrogens is 1. The van der Waals surface area contributed by atoms with E-state index in [1.807, 2.05) is 24.3 Å². The van der Waals surface area contributed by atoms with Crippen LogP contribution in [0.3, 0.4) is 0 Å². The Balaban J connectivity index is 1.95. The number of aromatic nitrogens is 4. The van der Waals surface area contributed by atoms with E-state index in [1.54, 1.807) is 6.20 Å². The monoisotopic (exact) mass is 314 g/mol. The summed E-state index contributed by atoms with van der Waals surface area (Å²) in [5, 5.41) is 29.1. The van der Waals surface area contributed by atoms with Gasteiger partial charge in [0.2, 0.25) is 5.95 Å². The summed E-state index contributed by atoms with van der Waals surface area (Å²) in [5.41, 5.74) is 8.32. The predicted molar refractivity (Wildman–Crippen MR) is 87.7 cm³/mol. The quantitative estimate of drug-likeness (QED) is 0.450. The molecule has 1 aromatic carbocycles. The maximum Gasteiger partial charge on any atom is 0.222 e. The number of anilines is 2. The van der Waals surface area contributed by atoms with Crippen LogP contribution in [0.1, 0.15) is 0 Å². The zero-order valence-electron chi connectivity index (χ0n) is 12.4. The van der Waals surface area contributed by atoms with Crippen LogP contribution in [0.5, 0.6) is 0 Å². The lowest BCUT2D eigenvalue weighted by atomic mass is 10.1. The van der Waals surface area contributed by atoms with Gasteiger partial charge in [0.15, 0.2) is 0 Å². The number of nitrogens with two attached hydrogens (primary N) is 1. The number of rotatable bonds is 6. The van der Waals surface area contributed by atoms with E-state index in [0.29, 0.717) is 17.9 Å². The summed E-state index contributed by atoms with van der Waals surface area (Å²) in [6, 6.07) is 7.62. The van der Waals surface area contributed by atoms with Gasteiger partial charge in [0.05, 0.1) is 11.2 Å². The third kappa shape index (κ3) is 3.22. The van der Waals surface area contributed by atoms with E-state index in [2.05, 4.69) is 25.5 Å². The highest BCUT2D eigenvalue weighted by atomic mass is 16.3. The molecule has 8 heteroatoms. The second kappa shape index (κ2) is 6.59. The molecule has 8 nitrogen and oxygen atoms in total. The van der Waals surface area contributed by atoms with Crippen molar-refractivity contribution in [2.75, 3.05) is 30.8 Å². The number of nitrogens with one attached hydrogen (secondary N) is 2. The van der Waals surface area contributed by atoms with Crippen molar-refractivity contribution in [2.45, 2.75) is 0 Å². The summed E-state index contributed by atoms with van der Waals surface area (Å²) >= 11 is 0. The second-order valence-electron chi connectivity index (χ2n) is 5.24. The molecule has 0 fully saturated rings. The molecule has 6 N–H and O–H groups in total. The number of hydrogen-bond donors (Lipinski definition) is 5. The van der Waals surface area contributed by atoms with Crippen molar-refractivity contribution >= 4 is 22.7 Å². The van der Waals surface area contributed by atoms with Gasteiger partial charge in [-0.2, -0.15) is 10.1 Å². The smallest absolute Gasteiger partial charge is 0.222 e. The van der Waals surface area contributed by atoms with E-state index in [1.165, 1.54) is 0 Å². The van der Waals surface area contributed by atoms with Gasteiger partial charge in [-0.1, -0.05) is 6.07 Å². The van der Waals surface area contributed by atoms with Crippen molar-refractivity contribution < 1.29 is 10.2 Å². The second-order valence-corrected chi connectivity index (χ2v) is 5.24. The predicted octanol–water partition coefficient (Wildman–Crippen LogP) is 0.615. The molecule has 3 aromatic rings. The zero-order chi connectivity index (χ0) is 16.2. The van der Waals surface area contributed by atoms with Gasteiger partial charge < -0.3 is 21.3 Å². The van der Waals surface area contributed by atoms with Gasteiger partial charge in [0.1, 0.15) is 5.82 Å². The number of fused-ring (bicyclic) bond motifs is 1. The molecule has 0 saturated heterocycles. The van der Waals surface area contributed by atoms with Crippen LogP contribution in [0.4, 0.5) is 11.8 Å². The highest BCUT2D eigenvalue weighted by Gasteiger charge is 2.11. The average molecular weight is 314 g/mol. The maximum atomic E-state index is 9.15. The molecule has 3 rings (SSSR count). The van der Waals surface area contributed by atoms with E-state index in [9.17, 15) is 0 Å². The number of benzene rings is 1. The van der Waals surface area contributed by atoms with Crippen LogP contribution in [-0.2, 0) is 0 Å². The Morgan fingerprint density at radius 1 is 1.17 bits per heavy atom. The van der Waals surface area contributed by atoms with E-state index in [4.69, 9.17) is 15.9 Å². The van der Waals surface area contributed by atoms with E-state index in [-0.39, 0.29) is 25.1 Å². The molecule has 23 heavy (non-hydrogen) atoms. The molecule has 2 heterocycles. The SMILES string of the molecule is Nc1nc(NCC(CO)CO)c2ccc(-c3ccn[nH]3)cc2n1. The largest absolute Gasteiger partial charge is 0.396 e. The maximum absolute atomic E-state index is 9.15. The molecule has 0 spiro atoms. The van der Waals surface area contributed by atoms with Gasteiger partial charge in [0.25, 0.3) is 0 Å². The Kier molecular flexibility index (Phi) is 4.35. The van der Waals surface area contributed by atoms with Crippen molar-refractivity contribution in [1.82, 2.24) is 20.2 Å². The van der Waals surface area contributed by atoms with Crippen LogP contribution in [-0.4, -0.2) is 50.1 Å². The lowest BCUT2D eigenvalue weighted by Gasteiger charge is -2.14. The lowest BCUT2D eigenvalue weighted by Crippen LogP contribution is -2.22. The summed E-state index contributed by atoms with van der Waals surface area (Å²) in [6.45, 7) is 0.179. The van der Waals surface area contributed by atoms with Gasteiger partial charge in [-0.25, -0.2) is 4.98 Å². The number of nitrogens with zero attached hydrogens (tertiary/aromatic N) is 3. The normalized spacial score (nSPS) is 11.3. The van der Waals surface area contributed by atoms with Crippen molar-refractivity contribution in [3.8, 4) is 11.3 Å². The molecular formula is C15H18N6O2. The van der Waals surface area contributed by atoms with Crippen LogP contribution in [0.15, 0.2) is 30.5 Å². The molecule has 0 bridgehead atoms. The summed E-state index contributed by atoms with van der Waals surface area (Å²) < 4.78 is 0. The molecule has 0 atom stereocenters. The van der Waals surface area contributed by atoms with Gasteiger partial charge in [-0.3, -0.25) is 5.10 Å².